The van der Waals surface area contributed by atoms with E-state index in [1.54, 1.807) is 0 Å². The molecule has 0 radical (unpaired) electrons. The van der Waals surface area contributed by atoms with Crippen molar-refractivity contribution in [1.82, 2.24) is 9.80 Å². The van der Waals surface area contributed by atoms with Crippen LogP contribution in [-0.2, 0) is 0 Å². The molecule has 2 aromatic rings. The van der Waals surface area contributed by atoms with Gasteiger partial charge in [0.2, 0.25) is 6.79 Å². The van der Waals surface area contributed by atoms with Crippen molar-refractivity contribution in [3.05, 3.63) is 42.5 Å². The fourth-order valence-electron chi connectivity index (χ4n) is 3.99. The molecular weight excluding hydrogens is 350 g/mol. The van der Waals surface area contributed by atoms with Crippen molar-refractivity contribution in [3.63, 3.8) is 0 Å². The van der Waals surface area contributed by atoms with Crippen molar-refractivity contribution in [2.45, 2.75) is 13.8 Å². The maximum absolute atomic E-state index is 5.50. The Morgan fingerprint density at radius 2 is 1.50 bits per heavy atom. The summed E-state index contributed by atoms with van der Waals surface area (Å²) in [6, 6.07) is 15.0. The standard InChI is InChI=1S/C23H31N3O2/c1-3-24(4-2)11-12-25-13-15-26(16-14-25)21-8-5-19(6-9-21)20-7-10-22-23(17-20)28-18-27-22/h5-10,17H,3-4,11-16,18H2,1-2H3. The van der Waals surface area contributed by atoms with Crippen molar-refractivity contribution in [2.24, 2.45) is 0 Å². The third kappa shape index (κ3) is 4.26. The molecule has 2 aliphatic rings. The number of fused-ring (bicyclic) bond motifs is 1. The number of rotatable bonds is 7. The molecule has 1 saturated heterocycles. The van der Waals surface area contributed by atoms with Crippen molar-refractivity contribution in [3.8, 4) is 22.6 Å². The van der Waals surface area contributed by atoms with Crippen molar-refractivity contribution in [2.75, 3.05) is 64.1 Å². The molecule has 0 bridgehead atoms. The lowest BCUT2D eigenvalue weighted by molar-refractivity contribution is 0.174. The third-order valence-corrected chi connectivity index (χ3v) is 5.94. The molecule has 5 heteroatoms. The van der Waals surface area contributed by atoms with Crippen LogP contribution in [0.25, 0.3) is 11.1 Å². The summed E-state index contributed by atoms with van der Waals surface area (Å²) in [7, 11) is 0. The number of ether oxygens (including phenoxy) is 2. The highest BCUT2D eigenvalue weighted by atomic mass is 16.7. The predicted octanol–water partition coefficient (Wildman–Crippen LogP) is 3.55. The molecule has 0 spiro atoms. The molecule has 0 aromatic heterocycles. The molecule has 1 fully saturated rings. The fraction of sp³-hybridized carbons (Fsp3) is 0.478. The van der Waals surface area contributed by atoms with Gasteiger partial charge < -0.3 is 19.3 Å². The van der Waals surface area contributed by atoms with Gasteiger partial charge >= 0.3 is 0 Å². The highest BCUT2D eigenvalue weighted by Crippen LogP contribution is 2.36. The molecular formula is C23H31N3O2. The Morgan fingerprint density at radius 1 is 0.821 bits per heavy atom. The lowest BCUT2D eigenvalue weighted by atomic mass is 10.0. The molecule has 2 aliphatic heterocycles. The minimum Gasteiger partial charge on any atom is -0.454 e. The first-order chi connectivity index (χ1) is 13.8. The molecule has 0 amide bonds. The molecule has 0 saturated carbocycles. The van der Waals surface area contributed by atoms with E-state index in [0.717, 1.165) is 56.3 Å². The summed E-state index contributed by atoms with van der Waals surface area (Å²) in [5, 5.41) is 0. The van der Waals surface area contributed by atoms with Gasteiger partial charge in [0, 0.05) is 45.0 Å². The van der Waals surface area contributed by atoms with Crippen LogP contribution in [0.1, 0.15) is 13.8 Å². The van der Waals surface area contributed by atoms with E-state index in [4.69, 9.17) is 9.47 Å². The van der Waals surface area contributed by atoms with Crippen LogP contribution < -0.4 is 14.4 Å². The first-order valence-electron chi connectivity index (χ1n) is 10.5. The van der Waals surface area contributed by atoms with Gasteiger partial charge in [0.05, 0.1) is 0 Å². The Hall–Kier alpha value is -2.24. The Bertz CT molecular complexity index is 766. The molecule has 4 rings (SSSR count). The zero-order chi connectivity index (χ0) is 19.3. The number of anilines is 1. The van der Waals surface area contributed by atoms with E-state index in [2.05, 4.69) is 64.9 Å². The van der Waals surface area contributed by atoms with Gasteiger partial charge in [-0.1, -0.05) is 32.0 Å². The van der Waals surface area contributed by atoms with Crippen molar-refractivity contribution >= 4 is 5.69 Å². The number of hydrogen-bond donors (Lipinski definition) is 0. The normalized spacial score (nSPS) is 16.8. The molecule has 0 atom stereocenters. The average Bonchev–Trinajstić information content (AvgIpc) is 3.23. The predicted molar refractivity (Wildman–Crippen MR) is 114 cm³/mol. The summed E-state index contributed by atoms with van der Waals surface area (Å²) >= 11 is 0. The number of piperazine rings is 1. The summed E-state index contributed by atoms with van der Waals surface area (Å²) in [5.41, 5.74) is 3.69. The van der Waals surface area contributed by atoms with Crippen molar-refractivity contribution < 1.29 is 9.47 Å². The highest BCUT2D eigenvalue weighted by molar-refractivity contribution is 5.69. The second-order valence-electron chi connectivity index (χ2n) is 7.47. The molecule has 0 aliphatic carbocycles. The summed E-state index contributed by atoms with van der Waals surface area (Å²) in [5.74, 6) is 1.67. The number of benzene rings is 2. The van der Waals surface area contributed by atoms with Crippen molar-refractivity contribution in [1.29, 1.82) is 0 Å². The second-order valence-corrected chi connectivity index (χ2v) is 7.47. The Balaban J connectivity index is 1.32. The van der Waals surface area contributed by atoms with Crippen LogP contribution in [0.3, 0.4) is 0 Å². The Morgan fingerprint density at radius 3 is 2.21 bits per heavy atom. The highest BCUT2D eigenvalue weighted by Gasteiger charge is 2.18. The SMILES string of the molecule is CCN(CC)CCN1CCN(c2ccc(-c3ccc4c(c3)OCO4)cc2)CC1. The van der Waals surface area contributed by atoms with E-state index in [9.17, 15) is 0 Å². The number of nitrogens with zero attached hydrogens (tertiary/aromatic N) is 3. The lowest BCUT2D eigenvalue weighted by Crippen LogP contribution is -2.48. The van der Waals surface area contributed by atoms with Crippen LogP contribution in [0, 0.1) is 0 Å². The first-order valence-corrected chi connectivity index (χ1v) is 10.5. The molecule has 2 aromatic carbocycles. The van der Waals surface area contributed by atoms with Crippen LogP contribution in [0.4, 0.5) is 5.69 Å². The maximum Gasteiger partial charge on any atom is 0.231 e. The minimum atomic E-state index is 0.318. The second kappa shape index (κ2) is 8.84. The van der Waals surface area contributed by atoms with Gasteiger partial charge in [0.1, 0.15) is 0 Å². The average molecular weight is 382 g/mol. The zero-order valence-electron chi connectivity index (χ0n) is 17.1. The quantitative estimate of drug-likeness (QED) is 0.731. The Kier molecular flexibility index (Phi) is 6.03. The third-order valence-electron chi connectivity index (χ3n) is 5.94. The fourth-order valence-corrected chi connectivity index (χ4v) is 3.99. The molecule has 5 nitrogen and oxygen atoms in total. The maximum atomic E-state index is 5.50. The van der Waals surface area contributed by atoms with E-state index >= 15 is 0 Å². The summed E-state index contributed by atoms with van der Waals surface area (Å²) in [4.78, 5) is 7.59. The monoisotopic (exact) mass is 381 g/mol. The summed E-state index contributed by atoms with van der Waals surface area (Å²) in [6.45, 7) is 13.9. The van der Waals surface area contributed by atoms with Gasteiger partial charge in [-0.15, -0.1) is 0 Å². The number of hydrogen-bond acceptors (Lipinski definition) is 5. The van der Waals surface area contributed by atoms with E-state index in [1.165, 1.54) is 24.3 Å². The van der Waals surface area contributed by atoms with Crippen LogP contribution >= 0.6 is 0 Å². The van der Waals surface area contributed by atoms with Gasteiger partial charge in [-0.25, -0.2) is 0 Å². The lowest BCUT2D eigenvalue weighted by Gasteiger charge is -2.37. The van der Waals surface area contributed by atoms with Gasteiger partial charge in [-0.05, 0) is 48.5 Å². The summed E-state index contributed by atoms with van der Waals surface area (Å²) in [6.07, 6.45) is 0. The smallest absolute Gasteiger partial charge is 0.231 e. The topological polar surface area (TPSA) is 28.2 Å². The number of likely N-dealkylation sites (N-methyl/N-ethyl adjacent to an activating group) is 1. The molecule has 150 valence electrons. The van der Waals surface area contributed by atoms with E-state index in [1.807, 2.05) is 6.07 Å². The zero-order valence-corrected chi connectivity index (χ0v) is 17.1. The van der Waals surface area contributed by atoms with E-state index < -0.39 is 0 Å². The molecule has 2 heterocycles. The molecule has 0 unspecified atom stereocenters. The minimum absolute atomic E-state index is 0.318. The van der Waals surface area contributed by atoms with Gasteiger partial charge in [0.15, 0.2) is 11.5 Å². The first kappa shape index (κ1) is 19.1. The van der Waals surface area contributed by atoms with Gasteiger partial charge in [0.25, 0.3) is 0 Å². The Labute approximate surface area is 168 Å². The molecule has 28 heavy (non-hydrogen) atoms. The molecule has 0 N–H and O–H groups in total. The van der Waals surface area contributed by atoms with Gasteiger partial charge in [-0.3, -0.25) is 4.90 Å². The van der Waals surface area contributed by atoms with Crippen LogP contribution in [0.5, 0.6) is 11.5 Å². The van der Waals surface area contributed by atoms with Crippen LogP contribution in [0.2, 0.25) is 0 Å². The van der Waals surface area contributed by atoms with Crippen LogP contribution in [-0.4, -0.2) is 69.0 Å². The van der Waals surface area contributed by atoms with Gasteiger partial charge in [-0.2, -0.15) is 0 Å². The largest absolute Gasteiger partial charge is 0.454 e. The van der Waals surface area contributed by atoms with Crippen LogP contribution in [0.15, 0.2) is 42.5 Å². The van der Waals surface area contributed by atoms with E-state index in [-0.39, 0.29) is 0 Å². The summed E-state index contributed by atoms with van der Waals surface area (Å²) < 4.78 is 10.9. The van der Waals surface area contributed by atoms with E-state index in [0.29, 0.717) is 6.79 Å².